The summed E-state index contributed by atoms with van der Waals surface area (Å²) in [7, 11) is 0. The number of hydrogen-bond donors (Lipinski definition) is 1. The highest BCUT2D eigenvalue weighted by Gasteiger charge is 2.08. The monoisotopic (exact) mass is 272 g/mol. The Labute approximate surface area is 116 Å². The lowest BCUT2D eigenvalue weighted by molar-refractivity contribution is 0.609. The summed E-state index contributed by atoms with van der Waals surface area (Å²) < 4.78 is 4.99. The van der Waals surface area contributed by atoms with Crippen LogP contribution < -0.4 is 0 Å². The lowest BCUT2D eigenvalue weighted by atomic mass is 10.2. The van der Waals surface area contributed by atoms with E-state index in [2.05, 4.69) is 51.1 Å². The Balaban J connectivity index is 2.09. The molecule has 0 aliphatic carbocycles. The number of nitrogens with one attached hydrogen (secondary N) is 1. The largest absolute Gasteiger partial charge is 0.333 e. The van der Waals surface area contributed by atoms with Gasteiger partial charge in [-0.1, -0.05) is 6.07 Å². The van der Waals surface area contributed by atoms with Crippen molar-refractivity contribution in [1.29, 1.82) is 0 Å². The van der Waals surface area contributed by atoms with Gasteiger partial charge >= 0.3 is 0 Å². The lowest BCUT2D eigenvalue weighted by Crippen LogP contribution is -2.01. The maximum Gasteiger partial charge on any atom is 0.178 e. The molecule has 0 unspecified atom stereocenters. The van der Waals surface area contributed by atoms with Gasteiger partial charge in [-0.3, -0.25) is 0 Å². The van der Waals surface area contributed by atoms with Gasteiger partial charge in [0.25, 0.3) is 0 Å². The molecule has 0 saturated carbocycles. The predicted molar refractivity (Wildman–Crippen MR) is 78.8 cm³/mol. The molecule has 2 aromatic heterocycles. The van der Waals surface area contributed by atoms with Crippen LogP contribution in [-0.4, -0.2) is 19.1 Å². The third-order valence-corrected chi connectivity index (χ3v) is 3.52. The van der Waals surface area contributed by atoms with Crippen LogP contribution in [0.15, 0.2) is 36.9 Å². The quantitative estimate of drug-likeness (QED) is 0.741. The van der Waals surface area contributed by atoms with Crippen LogP contribution in [0, 0.1) is 4.77 Å². The molecule has 1 aromatic carbocycles. The van der Waals surface area contributed by atoms with Gasteiger partial charge in [0.15, 0.2) is 4.77 Å². The van der Waals surface area contributed by atoms with Gasteiger partial charge in [-0.05, 0) is 43.8 Å². The van der Waals surface area contributed by atoms with Crippen molar-refractivity contribution in [3.63, 3.8) is 0 Å². The lowest BCUT2D eigenvalue weighted by Gasteiger charge is -2.09. The number of benzene rings is 1. The molecule has 19 heavy (non-hydrogen) atoms. The van der Waals surface area contributed by atoms with E-state index < -0.39 is 0 Å². The van der Waals surface area contributed by atoms with E-state index in [9.17, 15) is 0 Å². The highest BCUT2D eigenvalue weighted by molar-refractivity contribution is 7.71. The summed E-state index contributed by atoms with van der Waals surface area (Å²) in [5.74, 6) is 0. The molecule has 0 aliphatic heterocycles. The Morgan fingerprint density at radius 3 is 2.89 bits per heavy atom. The number of aromatic amines is 1. The van der Waals surface area contributed by atoms with Gasteiger partial charge in [-0.25, -0.2) is 4.98 Å². The maximum absolute atomic E-state index is 5.38. The fraction of sp³-hybridized carbons (Fsp3) is 0.286. The Morgan fingerprint density at radius 2 is 2.21 bits per heavy atom. The van der Waals surface area contributed by atoms with Crippen LogP contribution in [0.1, 0.15) is 25.5 Å². The zero-order valence-corrected chi connectivity index (χ0v) is 11.8. The summed E-state index contributed by atoms with van der Waals surface area (Å²) in [6, 6.07) is 6.76. The zero-order chi connectivity index (χ0) is 13.4. The molecule has 0 bridgehead atoms. The fourth-order valence-corrected chi connectivity index (χ4v) is 2.79. The standard InChI is InChI=1S/C14H16N4S/c1-10(2)18-13-7-11(8-17-6-5-15-9-17)3-4-12(13)16-14(18)19/h3-7,9-10H,8H2,1-2H3,(H,16,19). The van der Waals surface area contributed by atoms with Crippen LogP contribution >= 0.6 is 12.2 Å². The van der Waals surface area contributed by atoms with E-state index in [1.165, 1.54) is 5.56 Å². The SMILES string of the molecule is CC(C)n1c(=S)[nH]c2ccc(Cn3ccnc3)cc21. The molecule has 0 amide bonds. The second kappa shape index (κ2) is 4.66. The molecule has 3 rings (SSSR count). The molecule has 3 aromatic rings. The average Bonchev–Trinajstić information content (AvgIpc) is 2.95. The molecular weight excluding hydrogens is 256 g/mol. The molecule has 0 spiro atoms. The second-order valence-electron chi connectivity index (χ2n) is 4.98. The minimum atomic E-state index is 0.352. The van der Waals surface area contributed by atoms with Crippen molar-refractivity contribution < 1.29 is 0 Å². The summed E-state index contributed by atoms with van der Waals surface area (Å²) in [6.45, 7) is 5.11. The summed E-state index contributed by atoms with van der Waals surface area (Å²) in [5, 5.41) is 0. The van der Waals surface area contributed by atoms with E-state index in [1.54, 1.807) is 6.20 Å². The van der Waals surface area contributed by atoms with Crippen molar-refractivity contribution in [3.8, 4) is 0 Å². The van der Waals surface area contributed by atoms with E-state index in [-0.39, 0.29) is 0 Å². The number of aromatic nitrogens is 4. The van der Waals surface area contributed by atoms with Crippen molar-refractivity contribution in [3.05, 3.63) is 47.3 Å². The van der Waals surface area contributed by atoms with E-state index >= 15 is 0 Å². The van der Waals surface area contributed by atoms with Crippen LogP contribution in [0.3, 0.4) is 0 Å². The Morgan fingerprint density at radius 1 is 1.37 bits per heavy atom. The van der Waals surface area contributed by atoms with Crippen LogP contribution in [0.25, 0.3) is 11.0 Å². The molecule has 5 heteroatoms. The van der Waals surface area contributed by atoms with Crippen molar-refractivity contribution in [1.82, 2.24) is 19.1 Å². The fourth-order valence-electron chi connectivity index (χ4n) is 2.37. The number of hydrogen-bond acceptors (Lipinski definition) is 2. The van der Waals surface area contributed by atoms with E-state index in [1.807, 2.05) is 12.5 Å². The molecule has 0 fully saturated rings. The molecule has 0 saturated heterocycles. The van der Waals surface area contributed by atoms with Crippen LogP contribution in [0.5, 0.6) is 0 Å². The van der Waals surface area contributed by atoms with Gasteiger partial charge in [-0.2, -0.15) is 0 Å². The van der Waals surface area contributed by atoms with Gasteiger partial charge in [0.2, 0.25) is 0 Å². The van der Waals surface area contributed by atoms with Gasteiger partial charge in [0.1, 0.15) is 0 Å². The molecule has 2 heterocycles. The minimum Gasteiger partial charge on any atom is -0.333 e. The van der Waals surface area contributed by atoms with E-state index in [4.69, 9.17) is 12.2 Å². The first-order valence-electron chi connectivity index (χ1n) is 6.34. The number of imidazole rings is 2. The maximum atomic E-state index is 5.38. The van der Waals surface area contributed by atoms with Crippen molar-refractivity contribution in [2.24, 2.45) is 0 Å². The molecule has 98 valence electrons. The molecule has 0 atom stereocenters. The van der Waals surface area contributed by atoms with E-state index in [0.717, 1.165) is 22.3 Å². The Kier molecular flexibility index (Phi) is 2.98. The number of H-pyrrole nitrogens is 1. The number of rotatable bonds is 3. The highest BCUT2D eigenvalue weighted by Crippen LogP contribution is 2.20. The summed E-state index contributed by atoms with van der Waals surface area (Å²) in [4.78, 5) is 7.32. The zero-order valence-electron chi connectivity index (χ0n) is 11.0. The third-order valence-electron chi connectivity index (χ3n) is 3.22. The number of nitrogens with zero attached hydrogens (tertiary/aromatic N) is 3. The van der Waals surface area contributed by atoms with Crippen molar-refractivity contribution >= 4 is 23.3 Å². The molecular formula is C14H16N4S. The summed E-state index contributed by atoms with van der Waals surface area (Å²) >= 11 is 5.38. The third kappa shape index (κ3) is 2.21. The molecule has 0 radical (unpaired) electrons. The summed E-state index contributed by atoms with van der Waals surface area (Å²) in [6.07, 6.45) is 5.59. The first-order valence-corrected chi connectivity index (χ1v) is 6.75. The smallest absolute Gasteiger partial charge is 0.178 e. The molecule has 0 aliphatic rings. The topological polar surface area (TPSA) is 38.5 Å². The molecule has 4 nitrogen and oxygen atoms in total. The molecule has 1 N–H and O–H groups in total. The van der Waals surface area contributed by atoms with Gasteiger partial charge < -0.3 is 14.1 Å². The average molecular weight is 272 g/mol. The predicted octanol–water partition coefficient (Wildman–Crippen LogP) is 3.52. The summed E-state index contributed by atoms with van der Waals surface area (Å²) in [5.41, 5.74) is 3.50. The second-order valence-corrected chi connectivity index (χ2v) is 5.37. The van der Waals surface area contributed by atoms with Gasteiger partial charge in [0.05, 0.1) is 17.4 Å². The Hall–Kier alpha value is -1.88. The number of fused-ring (bicyclic) bond motifs is 1. The Bertz CT molecular complexity index is 749. The van der Waals surface area contributed by atoms with Gasteiger partial charge in [-0.15, -0.1) is 0 Å². The van der Waals surface area contributed by atoms with Gasteiger partial charge in [0, 0.05) is 25.0 Å². The van der Waals surface area contributed by atoms with Crippen LogP contribution in [0.4, 0.5) is 0 Å². The van der Waals surface area contributed by atoms with Crippen molar-refractivity contribution in [2.75, 3.05) is 0 Å². The van der Waals surface area contributed by atoms with E-state index in [0.29, 0.717) is 6.04 Å². The minimum absolute atomic E-state index is 0.352. The van der Waals surface area contributed by atoms with Crippen molar-refractivity contribution in [2.45, 2.75) is 26.4 Å². The normalized spacial score (nSPS) is 11.5. The first-order chi connectivity index (χ1) is 9.15. The first kappa shape index (κ1) is 12.2. The van der Waals surface area contributed by atoms with Crippen LogP contribution in [0.2, 0.25) is 0 Å². The highest BCUT2D eigenvalue weighted by atomic mass is 32.1. The van der Waals surface area contributed by atoms with Crippen LogP contribution in [-0.2, 0) is 6.54 Å².